The van der Waals surface area contributed by atoms with Crippen LogP contribution in [-0.4, -0.2) is 16.5 Å². The number of alkyl halides is 3. The van der Waals surface area contributed by atoms with E-state index in [1.165, 1.54) is 18.5 Å². The largest absolute Gasteiger partial charge is 0.417 e. The van der Waals surface area contributed by atoms with E-state index in [9.17, 15) is 13.2 Å². The third-order valence-corrected chi connectivity index (χ3v) is 4.61. The summed E-state index contributed by atoms with van der Waals surface area (Å²) in [5.41, 5.74) is 7.68. The second kappa shape index (κ2) is 8.16. The lowest BCUT2D eigenvalue weighted by Crippen LogP contribution is -2.20. The summed E-state index contributed by atoms with van der Waals surface area (Å²) in [5, 5.41) is 2.45. The van der Waals surface area contributed by atoms with Gasteiger partial charge in [-0.3, -0.25) is 0 Å². The van der Waals surface area contributed by atoms with Gasteiger partial charge in [0, 0.05) is 17.9 Å². The predicted molar refractivity (Wildman–Crippen MR) is 110 cm³/mol. The maximum Gasteiger partial charge on any atom is 0.417 e. The number of aromatic nitrogens is 2. The molecule has 0 atom stereocenters. The van der Waals surface area contributed by atoms with E-state index >= 15 is 0 Å². The van der Waals surface area contributed by atoms with Crippen molar-refractivity contribution in [1.82, 2.24) is 9.97 Å². The van der Waals surface area contributed by atoms with Gasteiger partial charge in [0.05, 0.1) is 10.6 Å². The minimum absolute atomic E-state index is 0.164. The Balaban J connectivity index is 1.97. The quantitative estimate of drug-likeness (QED) is 0.533. The lowest BCUT2D eigenvalue weighted by molar-refractivity contribution is -0.137. The molecular weight excluding hydrogens is 403 g/mol. The molecule has 0 amide bonds. The first-order valence-electron chi connectivity index (χ1n) is 8.79. The second-order valence-corrected chi connectivity index (χ2v) is 6.77. The molecule has 0 bridgehead atoms. The molecule has 0 spiro atoms. The standard InChI is InChI=1S/C20H19ClF3N5/c1-3-29(14-6-4-5-12(2)9-14)19-17(25)18(26-11-27-19)28-13-7-8-16(21)15(10-13)20(22,23)24/h4-11H,3,25H2,1-2H3,(H,26,27,28). The molecule has 152 valence electrons. The van der Waals surface area contributed by atoms with E-state index in [4.69, 9.17) is 17.3 Å². The van der Waals surface area contributed by atoms with Gasteiger partial charge in [0.25, 0.3) is 0 Å². The van der Waals surface area contributed by atoms with Gasteiger partial charge >= 0.3 is 6.18 Å². The Morgan fingerprint density at radius 2 is 1.90 bits per heavy atom. The van der Waals surface area contributed by atoms with Gasteiger partial charge in [-0.1, -0.05) is 23.7 Å². The van der Waals surface area contributed by atoms with Crippen molar-refractivity contribution in [3.8, 4) is 0 Å². The van der Waals surface area contributed by atoms with Gasteiger partial charge in [-0.2, -0.15) is 13.2 Å². The van der Waals surface area contributed by atoms with Crippen LogP contribution >= 0.6 is 11.6 Å². The molecule has 3 aromatic rings. The number of nitrogens with two attached hydrogens (primary N) is 1. The number of nitrogens with one attached hydrogen (secondary N) is 1. The smallest absolute Gasteiger partial charge is 0.393 e. The summed E-state index contributed by atoms with van der Waals surface area (Å²) in [6.45, 7) is 4.52. The topological polar surface area (TPSA) is 67.1 Å². The molecule has 0 unspecified atom stereocenters. The monoisotopic (exact) mass is 421 g/mol. The molecular formula is C20H19ClF3N5. The molecule has 0 aliphatic heterocycles. The van der Waals surface area contributed by atoms with Crippen molar-refractivity contribution in [3.63, 3.8) is 0 Å². The summed E-state index contributed by atoms with van der Waals surface area (Å²) < 4.78 is 39.3. The molecule has 3 rings (SSSR count). The molecule has 9 heteroatoms. The average molecular weight is 422 g/mol. The first kappa shape index (κ1) is 20.7. The van der Waals surface area contributed by atoms with Gasteiger partial charge < -0.3 is 16.0 Å². The van der Waals surface area contributed by atoms with Crippen molar-refractivity contribution >= 4 is 40.3 Å². The number of hydrogen-bond acceptors (Lipinski definition) is 5. The van der Waals surface area contributed by atoms with E-state index in [2.05, 4.69) is 15.3 Å². The van der Waals surface area contributed by atoms with Gasteiger partial charge in [0.2, 0.25) is 0 Å². The number of hydrogen-bond donors (Lipinski definition) is 2. The van der Waals surface area contributed by atoms with Crippen LogP contribution in [0.25, 0.3) is 0 Å². The van der Waals surface area contributed by atoms with Crippen LogP contribution in [0.2, 0.25) is 5.02 Å². The average Bonchev–Trinajstić information content (AvgIpc) is 2.66. The molecule has 5 nitrogen and oxygen atoms in total. The van der Waals surface area contributed by atoms with Crippen LogP contribution in [0.15, 0.2) is 48.8 Å². The van der Waals surface area contributed by atoms with Crippen molar-refractivity contribution in [3.05, 3.63) is 64.9 Å². The van der Waals surface area contributed by atoms with Crippen LogP contribution in [0.4, 0.5) is 41.9 Å². The summed E-state index contributed by atoms with van der Waals surface area (Å²) >= 11 is 5.68. The molecule has 3 N–H and O–H groups in total. The van der Waals surface area contributed by atoms with Crippen LogP contribution < -0.4 is 16.0 Å². The van der Waals surface area contributed by atoms with E-state index in [0.29, 0.717) is 12.4 Å². The van der Waals surface area contributed by atoms with Crippen LogP contribution in [0.1, 0.15) is 18.1 Å². The highest BCUT2D eigenvalue weighted by Crippen LogP contribution is 2.38. The predicted octanol–water partition coefficient (Wildman–Crippen LogP) is 5.94. The van der Waals surface area contributed by atoms with E-state index in [-0.39, 0.29) is 22.2 Å². The Morgan fingerprint density at radius 3 is 2.55 bits per heavy atom. The normalized spacial score (nSPS) is 11.4. The summed E-state index contributed by atoms with van der Waals surface area (Å²) in [4.78, 5) is 10.3. The molecule has 2 aromatic carbocycles. The van der Waals surface area contributed by atoms with E-state index < -0.39 is 11.7 Å². The van der Waals surface area contributed by atoms with E-state index in [0.717, 1.165) is 17.3 Å². The molecule has 29 heavy (non-hydrogen) atoms. The van der Waals surface area contributed by atoms with Crippen molar-refractivity contribution in [2.75, 3.05) is 22.5 Å². The van der Waals surface area contributed by atoms with Crippen molar-refractivity contribution in [1.29, 1.82) is 0 Å². The summed E-state index contributed by atoms with van der Waals surface area (Å²) in [6, 6.07) is 11.4. The Hall–Kier alpha value is -3.00. The summed E-state index contributed by atoms with van der Waals surface area (Å²) in [7, 11) is 0. The van der Waals surface area contributed by atoms with Crippen LogP contribution in [0, 0.1) is 6.92 Å². The van der Waals surface area contributed by atoms with Crippen LogP contribution in [0.3, 0.4) is 0 Å². The fraction of sp³-hybridized carbons (Fsp3) is 0.200. The first-order valence-corrected chi connectivity index (χ1v) is 9.17. The molecule has 1 aromatic heterocycles. The number of aryl methyl sites for hydroxylation is 1. The zero-order chi connectivity index (χ0) is 21.2. The lowest BCUT2D eigenvalue weighted by atomic mass is 10.2. The maximum atomic E-state index is 13.1. The van der Waals surface area contributed by atoms with Crippen molar-refractivity contribution in [2.24, 2.45) is 0 Å². The van der Waals surface area contributed by atoms with Crippen molar-refractivity contribution < 1.29 is 13.2 Å². The highest BCUT2D eigenvalue weighted by molar-refractivity contribution is 6.31. The van der Waals surface area contributed by atoms with Crippen LogP contribution in [-0.2, 0) is 6.18 Å². The lowest BCUT2D eigenvalue weighted by Gasteiger charge is -2.24. The fourth-order valence-corrected chi connectivity index (χ4v) is 3.13. The van der Waals surface area contributed by atoms with Crippen molar-refractivity contribution in [2.45, 2.75) is 20.0 Å². The van der Waals surface area contributed by atoms with Gasteiger partial charge in [-0.25, -0.2) is 9.97 Å². The van der Waals surface area contributed by atoms with Crippen LogP contribution in [0.5, 0.6) is 0 Å². The highest BCUT2D eigenvalue weighted by atomic mass is 35.5. The minimum atomic E-state index is -4.57. The number of anilines is 5. The number of nitrogen functional groups attached to an aromatic ring is 1. The first-order chi connectivity index (χ1) is 13.7. The Bertz CT molecular complexity index is 1020. The third kappa shape index (κ3) is 4.54. The summed E-state index contributed by atoms with van der Waals surface area (Å²) in [5.74, 6) is 0.664. The Labute approximate surface area is 171 Å². The minimum Gasteiger partial charge on any atom is -0.393 e. The zero-order valence-corrected chi connectivity index (χ0v) is 16.5. The Morgan fingerprint density at radius 1 is 1.14 bits per heavy atom. The molecule has 0 saturated carbocycles. The molecule has 1 heterocycles. The summed E-state index contributed by atoms with van der Waals surface area (Å²) in [6.07, 6.45) is -3.26. The Kier molecular flexibility index (Phi) is 5.83. The number of rotatable bonds is 5. The fourth-order valence-electron chi connectivity index (χ4n) is 2.91. The second-order valence-electron chi connectivity index (χ2n) is 6.36. The van der Waals surface area contributed by atoms with Gasteiger partial charge in [0.15, 0.2) is 11.6 Å². The molecule has 0 aliphatic carbocycles. The molecule has 0 saturated heterocycles. The number of halogens is 4. The maximum absolute atomic E-state index is 13.1. The third-order valence-electron chi connectivity index (χ3n) is 4.28. The van der Waals surface area contributed by atoms with Gasteiger partial charge in [-0.15, -0.1) is 0 Å². The number of benzene rings is 2. The molecule has 0 radical (unpaired) electrons. The zero-order valence-electron chi connectivity index (χ0n) is 15.8. The SMILES string of the molecule is CCN(c1cccc(C)c1)c1ncnc(Nc2ccc(Cl)c(C(F)(F)F)c2)c1N. The number of nitrogens with zero attached hydrogens (tertiary/aromatic N) is 3. The van der Waals surface area contributed by atoms with E-state index in [1.54, 1.807) is 0 Å². The van der Waals surface area contributed by atoms with Gasteiger partial charge in [0.1, 0.15) is 12.0 Å². The highest BCUT2D eigenvalue weighted by Gasteiger charge is 2.33. The van der Waals surface area contributed by atoms with Gasteiger partial charge in [-0.05, 0) is 49.7 Å². The molecule has 0 fully saturated rings. The molecule has 0 aliphatic rings. The van der Waals surface area contributed by atoms with E-state index in [1.807, 2.05) is 43.0 Å².